The second kappa shape index (κ2) is 5.65. The fourth-order valence-electron chi connectivity index (χ4n) is 2.61. The lowest BCUT2D eigenvalue weighted by molar-refractivity contribution is 0.00223. The molecule has 0 aliphatic heterocycles. The molecule has 0 radical (unpaired) electrons. The molecular formula is C14H23N3O. The summed E-state index contributed by atoms with van der Waals surface area (Å²) >= 11 is 0. The lowest BCUT2D eigenvalue weighted by Crippen LogP contribution is -2.40. The van der Waals surface area contributed by atoms with E-state index in [4.69, 9.17) is 0 Å². The van der Waals surface area contributed by atoms with E-state index in [-0.39, 0.29) is 0 Å². The van der Waals surface area contributed by atoms with E-state index >= 15 is 0 Å². The van der Waals surface area contributed by atoms with Gasteiger partial charge in [0.15, 0.2) is 0 Å². The van der Waals surface area contributed by atoms with Crippen molar-refractivity contribution in [3.63, 3.8) is 0 Å². The SMILES string of the molecule is CCC1CCC(O)(CNc2cc(C)ncn2)CC1. The first kappa shape index (κ1) is 13.3. The number of nitrogens with one attached hydrogen (secondary N) is 1. The summed E-state index contributed by atoms with van der Waals surface area (Å²) in [5.41, 5.74) is 0.374. The Hall–Kier alpha value is -1.16. The lowest BCUT2D eigenvalue weighted by Gasteiger charge is -2.36. The maximum atomic E-state index is 10.5. The Bertz CT molecular complexity index is 386. The van der Waals surface area contributed by atoms with Crippen LogP contribution in [0.5, 0.6) is 0 Å². The third-order valence-corrected chi connectivity index (χ3v) is 4.02. The Balaban J connectivity index is 1.86. The lowest BCUT2D eigenvalue weighted by atomic mass is 9.78. The summed E-state index contributed by atoms with van der Waals surface area (Å²) in [6, 6.07) is 1.90. The van der Waals surface area contributed by atoms with Gasteiger partial charge in [-0.15, -0.1) is 0 Å². The number of aryl methyl sites for hydroxylation is 1. The van der Waals surface area contributed by atoms with Crippen LogP contribution in [0.2, 0.25) is 0 Å². The Morgan fingerprint density at radius 1 is 1.39 bits per heavy atom. The molecule has 2 rings (SSSR count). The molecule has 0 spiro atoms. The van der Waals surface area contributed by atoms with Gasteiger partial charge >= 0.3 is 0 Å². The zero-order chi connectivity index (χ0) is 13.0. The van der Waals surface area contributed by atoms with Gasteiger partial charge in [-0.1, -0.05) is 13.3 Å². The van der Waals surface area contributed by atoms with Crippen LogP contribution in [0.1, 0.15) is 44.7 Å². The maximum absolute atomic E-state index is 10.5. The van der Waals surface area contributed by atoms with Crippen molar-refractivity contribution in [2.24, 2.45) is 5.92 Å². The summed E-state index contributed by atoms with van der Waals surface area (Å²) in [6.45, 7) is 4.75. The highest BCUT2D eigenvalue weighted by Crippen LogP contribution is 2.33. The molecule has 0 saturated heterocycles. The van der Waals surface area contributed by atoms with Gasteiger partial charge in [0.1, 0.15) is 12.1 Å². The highest BCUT2D eigenvalue weighted by Gasteiger charge is 2.32. The number of aliphatic hydroxyl groups is 1. The van der Waals surface area contributed by atoms with E-state index in [0.29, 0.717) is 6.54 Å². The minimum Gasteiger partial charge on any atom is -0.388 e. The van der Waals surface area contributed by atoms with E-state index in [9.17, 15) is 5.11 Å². The predicted octanol–water partition coefficient (Wildman–Crippen LogP) is 2.53. The van der Waals surface area contributed by atoms with Crippen molar-refractivity contribution >= 4 is 5.82 Å². The third kappa shape index (κ3) is 3.42. The first-order valence-corrected chi connectivity index (χ1v) is 6.86. The summed E-state index contributed by atoms with van der Waals surface area (Å²) in [7, 11) is 0. The summed E-state index contributed by atoms with van der Waals surface area (Å²) in [5.74, 6) is 1.60. The van der Waals surface area contributed by atoms with Gasteiger partial charge in [0, 0.05) is 18.3 Å². The Morgan fingerprint density at radius 2 is 2.11 bits per heavy atom. The van der Waals surface area contributed by atoms with Crippen LogP contribution in [0, 0.1) is 12.8 Å². The first-order chi connectivity index (χ1) is 8.61. The number of nitrogens with zero attached hydrogens (tertiary/aromatic N) is 2. The number of rotatable bonds is 4. The average Bonchev–Trinajstić information content (AvgIpc) is 2.38. The van der Waals surface area contributed by atoms with Crippen LogP contribution in [0.15, 0.2) is 12.4 Å². The molecule has 0 unspecified atom stereocenters. The number of aromatic nitrogens is 2. The molecule has 2 N–H and O–H groups in total. The van der Waals surface area contributed by atoms with Gasteiger partial charge < -0.3 is 10.4 Å². The Kier molecular flexibility index (Phi) is 4.17. The molecule has 1 heterocycles. The van der Waals surface area contributed by atoms with Crippen molar-refractivity contribution in [1.29, 1.82) is 0 Å². The topological polar surface area (TPSA) is 58.0 Å². The molecule has 1 aromatic heterocycles. The molecule has 4 nitrogen and oxygen atoms in total. The summed E-state index contributed by atoms with van der Waals surface area (Å²) in [5, 5.41) is 13.7. The molecule has 1 saturated carbocycles. The average molecular weight is 249 g/mol. The van der Waals surface area contributed by atoms with Crippen LogP contribution in [0.3, 0.4) is 0 Å². The van der Waals surface area contributed by atoms with Crippen LogP contribution in [-0.4, -0.2) is 27.2 Å². The smallest absolute Gasteiger partial charge is 0.129 e. The molecule has 0 amide bonds. The number of hydrogen-bond acceptors (Lipinski definition) is 4. The molecule has 1 aliphatic rings. The number of anilines is 1. The Morgan fingerprint density at radius 3 is 2.72 bits per heavy atom. The van der Waals surface area contributed by atoms with Crippen molar-refractivity contribution in [2.75, 3.05) is 11.9 Å². The minimum atomic E-state index is -0.565. The highest BCUT2D eigenvalue weighted by molar-refractivity contribution is 5.34. The van der Waals surface area contributed by atoms with Gasteiger partial charge in [-0.2, -0.15) is 0 Å². The fourth-order valence-corrected chi connectivity index (χ4v) is 2.61. The molecule has 0 atom stereocenters. The van der Waals surface area contributed by atoms with Crippen molar-refractivity contribution in [2.45, 2.75) is 51.6 Å². The van der Waals surface area contributed by atoms with Crippen molar-refractivity contribution in [1.82, 2.24) is 9.97 Å². The van der Waals surface area contributed by atoms with Crippen molar-refractivity contribution in [3.05, 3.63) is 18.1 Å². The molecule has 1 aromatic rings. The molecule has 18 heavy (non-hydrogen) atoms. The van der Waals surface area contributed by atoms with E-state index in [0.717, 1.165) is 43.1 Å². The second-order valence-electron chi connectivity index (χ2n) is 5.47. The van der Waals surface area contributed by atoms with E-state index in [1.807, 2.05) is 13.0 Å². The summed E-state index contributed by atoms with van der Waals surface area (Å²) in [4.78, 5) is 8.21. The Labute approximate surface area is 109 Å². The second-order valence-corrected chi connectivity index (χ2v) is 5.47. The zero-order valence-electron chi connectivity index (χ0n) is 11.3. The normalized spacial score (nSPS) is 28.1. The van der Waals surface area contributed by atoms with Crippen LogP contribution >= 0.6 is 0 Å². The fraction of sp³-hybridized carbons (Fsp3) is 0.714. The molecular weight excluding hydrogens is 226 g/mol. The van der Waals surface area contributed by atoms with Crippen LogP contribution in [0.25, 0.3) is 0 Å². The summed E-state index contributed by atoms with van der Waals surface area (Å²) < 4.78 is 0. The van der Waals surface area contributed by atoms with Gasteiger partial charge in [-0.3, -0.25) is 0 Å². The molecule has 0 aromatic carbocycles. The van der Waals surface area contributed by atoms with Crippen LogP contribution in [0.4, 0.5) is 5.82 Å². The third-order valence-electron chi connectivity index (χ3n) is 4.02. The van der Waals surface area contributed by atoms with E-state index in [1.54, 1.807) is 6.33 Å². The molecule has 4 heteroatoms. The van der Waals surface area contributed by atoms with E-state index < -0.39 is 5.60 Å². The predicted molar refractivity (Wildman–Crippen MR) is 72.5 cm³/mol. The standard InChI is InChI=1S/C14H23N3O/c1-3-12-4-6-14(18,7-5-12)9-15-13-8-11(2)16-10-17-13/h8,10,12,18H,3-7,9H2,1-2H3,(H,15,16,17). The van der Waals surface area contributed by atoms with Gasteiger partial charge in [0.25, 0.3) is 0 Å². The quantitative estimate of drug-likeness (QED) is 0.861. The first-order valence-electron chi connectivity index (χ1n) is 6.86. The summed E-state index contributed by atoms with van der Waals surface area (Å²) in [6.07, 6.45) is 6.84. The minimum absolute atomic E-state index is 0.565. The van der Waals surface area contributed by atoms with Crippen LogP contribution < -0.4 is 5.32 Å². The van der Waals surface area contributed by atoms with E-state index in [2.05, 4.69) is 22.2 Å². The zero-order valence-corrected chi connectivity index (χ0v) is 11.3. The van der Waals surface area contributed by atoms with E-state index in [1.165, 1.54) is 6.42 Å². The number of hydrogen-bond donors (Lipinski definition) is 2. The van der Waals surface area contributed by atoms with Gasteiger partial charge in [0.05, 0.1) is 5.60 Å². The largest absolute Gasteiger partial charge is 0.388 e. The molecule has 1 aliphatic carbocycles. The highest BCUT2D eigenvalue weighted by atomic mass is 16.3. The molecule has 1 fully saturated rings. The monoisotopic (exact) mass is 249 g/mol. The molecule has 0 bridgehead atoms. The van der Waals surface area contributed by atoms with Crippen molar-refractivity contribution < 1.29 is 5.11 Å². The van der Waals surface area contributed by atoms with Crippen molar-refractivity contribution in [3.8, 4) is 0 Å². The van der Waals surface area contributed by atoms with Gasteiger partial charge in [-0.05, 0) is 38.5 Å². The molecule has 100 valence electrons. The van der Waals surface area contributed by atoms with Crippen LogP contribution in [-0.2, 0) is 0 Å². The van der Waals surface area contributed by atoms with Gasteiger partial charge in [-0.25, -0.2) is 9.97 Å². The maximum Gasteiger partial charge on any atom is 0.129 e. The van der Waals surface area contributed by atoms with Gasteiger partial charge in [0.2, 0.25) is 0 Å².